The van der Waals surface area contributed by atoms with Crippen molar-refractivity contribution >= 4 is 5.91 Å². The normalized spacial score (nSPS) is 17.5. The van der Waals surface area contributed by atoms with Crippen molar-refractivity contribution in [3.8, 4) is 5.75 Å². The summed E-state index contributed by atoms with van der Waals surface area (Å²) < 4.78 is 0. The number of hydrogen-bond donors (Lipinski definition) is 3. The van der Waals surface area contributed by atoms with Gasteiger partial charge in [0.2, 0.25) is 5.91 Å². The first kappa shape index (κ1) is 24.7. The van der Waals surface area contributed by atoms with Crippen LogP contribution in [0.5, 0.6) is 5.75 Å². The minimum atomic E-state index is -0.723. The lowest BCUT2D eigenvalue weighted by molar-refractivity contribution is -0.121. The van der Waals surface area contributed by atoms with Crippen molar-refractivity contribution in [2.75, 3.05) is 0 Å². The van der Waals surface area contributed by atoms with Crippen LogP contribution in [0.2, 0.25) is 0 Å². The number of hydrogen-bond acceptors (Lipinski definition) is 3. The third kappa shape index (κ3) is 7.01. The molecule has 1 fully saturated rings. The van der Waals surface area contributed by atoms with E-state index >= 15 is 0 Å². The maximum absolute atomic E-state index is 11.7. The van der Waals surface area contributed by atoms with Gasteiger partial charge in [-0.1, -0.05) is 77.8 Å². The molecule has 1 amide bonds. The van der Waals surface area contributed by atoms with Crippen LogP contribution in [-0.4, -0.2) is 21.7 Å². The summed E-state index contributed by atoms with van der Waals surface area (Å²) in [5.74, 6) is 0.179. The Morgan fingerprint density at radius 3 is 2.47 bits per heavy atom. The number of aliphatic hydroxyl groups is 1. The molecular formula is C26H43NO3. The van der Waals surface area contributed by atoms with Gasteiger partial charge in [-0.05, 0) is 49.1 Å². The Morgan fingerprint density at radius 1 is 1.17 bits per heavy atom. The topological polar surface area (TPSA) is 69.6 Å². The maximum atomic E-state index is 11.7. The molecule has 0 aromatic heterocycles. The average Bonchev–Trinajstić information content (AvgIpc) is 2.69. The SMILES string of the molecule is CCCCCCC(C)(C)c1ccc(C(O)CCC2(NC(C)=O)CCCCC2)c(O)c1. The molecule has 1 aromatic rings. The Balaban J connectivity index is 2.02. The summed E-state index contributed by atoms with van der Waals surface area (Å²) in [5.41, 5.74) is 1.51. The monoisotopic (exact) mass is 417 g/mol. The molecule has 2 rings (SSSR count). The molecule has 1 unspecified atom stereocenters. The van der Waals surface area contributed by atoms with Crippen molar-refractivity contribution < 1.29 is 15.0 Å². The van der Waals surface area contributed by atoms with Gasteiger partial charge in [0.15, 0.2) is 0 Å². The first-order valence-corrected chi connectivity index (χ1v) is 12.0. The van der Waals surface area contributed by atoms with Crippen molar-refractivity contribution in [3.05, 3.63) is 29.3 Å². The van der Waals surface area contributed by atoms with E-state index in [2.05, 4.69) is 32.2 Å². The van der Waals surface area contributed by atoms with Crippen LogP contribution in [0.1, 0.15) is 122 Å². The molecule has 3 N–H and O–H groups in total. The van der Waals surface area contributed by atoms with E-state index in [0.717, 1.165) is 44.1 Å². The van der Waals surface area contributed by atoms with Crippen molar-refractivity contribution in [2.24, 2.45) is 0 Å². The lowest BCUT2D eigenvalue weighted by atomic mass is 9.77. The Hall–Kier alpha value is -1.55. The van der Waals surface area contributed by atoms with Crippen LogP contribution < -0.4 is 5.32 Å². The fourth-order valence-electron chi connectivity index (χ4n) is 4.99. The van der Waals surface area contributed by atoms with E-state index in [1.165, 1.54) is 32.1 Å². The fraction of sp³-hybridized carbons (Fsp3) is 0.731. The number of nitrogens with one attached hydrogen (secondary N) is 1. The van der Waals surface area contributed by atoms with Crippen LogP contribution >= 0.6 is 0 Å². The van der Waals surface area contributed by atoms with Gasteiger partial charge in [-0.15, -0.1) is 0 Å². The zero-order valence-corrected chi connectivity index (χ0v) is 19.6. The second-order valence-electron chi connectivity index (χ2n) is 10.0. The molecule has 30 heavy (non-hydrogen) atoms. The van der Waals surface area contributed by atoms with Crippen molar-refractivity contribution in [1.82, 2.24) is 5.32 Å². The third-order valence-corrected chi connectivity index (χ3v) is 6.97. The highest BCUT2D eigenvalue weighted by molar-refractivity contribution is 5.73. The third-order valence-electron chi connectivity index (χ3n) is 6.97. The molecule has 0 saturated heterocycles. The number of rotatable bonds is 11. The first-order chi connectivity index (χ1) is 14.2. The Kier molecular flexibility index (Phi) is 9.21. The van der Waals surface area contributed by atoms with Gasteiger partial charge >= 0.3 is 0 Å². The zero-order chi connectivity index (χ0) is 22.2. The lowest BCUT2D eigenvalue weighted by Gasteiger charge is -2.38. The van der Waals surface area contributed by atoms with E-state index in [1.54, 1.807) is 6.92 Å². The van der Waals surface area contributed by atoms with Crippen molar-refractivity contribution in [1.29, 1.82) is 0 Å². The summed E-state index contributed by atoms with van der Waals surface area (Å²) in [4.78, 5) is 11.7. The van der Waals surface area contributed by atoms with Gasteiger partial charge in [0.1, 0.15) is 5.75 Å². The van der Waals surface area contributed by atoms with E-state index in [4.69, 9.17) is 0 Å². The molecule has 0 aliphatic heterocycles. The van der Waals surface area contributed by atoms with E-state index in [-0.39, 0.29) is 22.6 Å². The van der Waals surface area contributed by atoms with Crippen molar-refractivity contribution in [3.63, 3.8) is 0 Å². The highest BCUT2D eigenvalue weighted by atomic mass is 16.3. The number of amides is 1. The van der Waals surface area contributed by atoms with Gasteiger partial charge in [0, 0.05) is 18.0 Å². The first-order valence-electron chi connectivity index (χ1n) is 12.0. The van der Waals surface area contributed by atoms with Crippen LogP contribution in [0.25, 0.3) is 0 Å². The predicted octanol–water partition coefficient (Wildman–Crippen LogP) is 6.29. The molecule has 1 aliphatic rings. The Bertz CT molecular complexity index is 677. The maximum Gasteiger partial charge on any atom is 0.217 e. The molecule has 0 bridgehead atoms. The summed E-state index contributed by atoms with van der Waals surface area (Å²) in [7, 11) is 0. The smallest absolute Gasteiger partial charge is 0.217 e. The molecule has 1 aromatic carbocycles. The summed E-state index contributed by atoms with van der Waals surface area (Å²) in [6, 6.07) is 5.78. The number of benzene rings is 1. The van der Waals surface area contributed by atoms with Gasteiger partial charge in [0.25, 0.3) is 0 Å². The number of aliphatic hydroxyl groups excluding tert-OH is 1. The highest BCUT2D eigenvalue weighted by Crippen LogP contribution is 2.38. The molecule has 1 atom stereocenters. The molecule has 0 heterocycles. The zero-order valence-electron chi connectivity index (χ0n) is 19.6. The standard InChI is InChI=1S/C26H43NO3/c1-5-6-7-9-15-25(3,4)21-12-13-22(24(30)19-21)23(29)14-18-26(27-20(2)28)16-10-8-11-17-26/h12-13,19,23,29-30H,5-11,14-18H2,1-4H3,(H,27,28). The van der Waals surface area contributed by atoms with Gasteiger partial charge in [-0.3, -0.25) is 4.79 Å². The summed E-state index contributed by atoms with van der Waals surface area (Å²) in [6.45, 7) is 8.25. The number of phenols is 1. The van der Waals surface area contributed by atoms with E-state index in [9.17, 15) is 15.0 Å². The van der Waals surface area contributed by atoms with E-state index in [0.29, 0.717) is 12.0 Å². The number of unbranched alkanes of at least 4 members (excludes halogenated alkanes) is 3. The molecule has 170 valence electrons. The van der Waals surface area contributed by atoms with Gasteiger partial charge in [0.05, 0.1) is 6.10 Å². The second kappa shape index (κ2) is 11.2. The van der Waals surface area contributed by atoms with Crippen LogP contribution in [0.15, 0.2) is 18.2 Å². The van der Waals surface area contributed by atoms with E-state index < -0.39 is 6.10 Å². The van der Waals surface area contributed by atoms with Gasteiger partial charge in [-0.25, -0.2) is 0 Å². The Morgan fingerprint density at radius 2 is 1.87 bits per heavy atom. The van der Waals surface area contributed by atoms with Gasteiger partial charge in [-0.2, -0.15) is 0 Å². The minimum Gasteiger partial charge on any atom is -0.508 e. The molecule has 4 nitrogen and oxygen atoms in total. The molecule has 1 aliphatic carbocycles. The molecular weight excluding hydrogens is 374 g/mol. The van der Waals surface area contributed by atoms with E-state index in [1.807, 2.05) is 12.1 Å². The number of carbonyl (C=O) groups is 1. The quantitative estimate of drug-likeness (QED) is 0.370. The van der Waals surface area contributed by atoms with Crippen LogP contribution in [0.4, 0.5) is 0 Å². The lowest BCUT2D eigenvalue weighted by Crippen LogP contribution is -2.49. The summed E-state index contributed by atoms with van der Waals surface area (Å²) in [5, 5.41) is 24.6. The predicted molar refractivity (Wildman–Crippen MR) is 124 cm³/mol. The van der Waals surface area contributed by atoms with Crippen molar-refractivity contribution in [2.45, 2.75) is 122 Å². The second-order valence-corrected chi connectivity index (χ2v) is 10.0. The minimum absolute atomic E-state index is 0.000224. The molecule has 1 saturated carbocycles. The fourth-order valence-corrected chi connectivity index (χ4v) is 4.99. The Labute approximate surface area is 183 Å². The molecule has 4 heteroatoms. The number of carbonyl (C=O) groups excluding carboxylic acids is 1. The summed E-state index contributed by atoms with van der Waals surface area (Å²) >= 11 is 0. The number of aromatic hydroxyl groups is 1. The average molecular weight is 418 g/mol. The summed E-state index contributed by atoms with van der Waals surface area (Å²) in [6.07, 6.45) is 12.0. The molecule has 0 spiro atoms. The number of phenolic OH excluding ortho intramolecular Hbond substituents is 1. The van der Waals surface area contributed by atoms with Gasteiger partial charge < -0.3 is 15.5 Å². The largest absolute Gasteiger partial charge is 0.508 e. The van der Waals surface area contributed by atoms with Crippen LogP contribution in [-0.2, 0) is 10.2 Å². The van der Waals surface area contributed by atoms with Crippen LogP contribution in [0, 0.1) is 0 Å². The highest BCUT2D eigenvalue weighted by Gasteiger charge is 2.33. The molecule has 0 radical (unpaired) electrons. The van der Waals surface area contributed by atoms with Crippen LogP contribution in [0.3, 0.4) is 0 Å².